The van der Waals surface area contributed by atoms with Crippen LogP contribution in [0.2, 0.25) is 0 Å². The molecule has 3 aromatic rings. The van der Waals surface area contributed by atoms with Gasteiger partial charge >= 0.3 is 0 Å². The van der Waals surface area contributed by atoms with Crippen molar-refractivity contribution >= 4 is 17.7 Å². The van der Waals surface area contributed by atoms with E-state index in [0.717, 1.165) is 11.1 Å². The van der Waals surface area contributed by atoms with Gasteiger partial charge in [-0.25, -0.2) is 0 Å². The molecule has 0 saturated heterocycles. The Morgan fingerprint density at radius 1 is 0.818 bits per heavy atom. The molecule has 0 saturated carbocycles. The second-order valence-corrected chi connectivity index (χ2v) is 7.66. The number of carbonyl (C=O) groups is 3. The van der Waals surface area contributed by atoms with Crippen LogP contribution in [-0.2, 0) is 13.0 Å². The molecule has 4 rings (SSSR count). The van der Waals surface area contributed by atoms with Crippen LogP contribution in [0.25, 0.3) is 0 Å². The van der Waals surface area contributed by atoms with Gasteiger partial charge in [-0.05, 0) is 47.9 Å². The van der Waals surface area contributed by atoms with Gasteiger partial charge in [0.2, 0.25) is 0 Å². The van der Waals surface area contributed by atoms with Gasteiger partial charge in [0, 0.05) is 24.7 Å². The number of amides is 3. The Balaban J connectivity index is 1.44. The first-order valence-electron chi connectivity index (χ1n) is 10.5. The Morgan fingerprint density at radius 2 is 1.48 bits per heavy atom. The third-order valence-electron chi connectivity index (χ3n) is 5.56. The lowest BCUT2D eigenvalue weighted by atomic mass is 10.1. The molecule has 0 aliphatic carbocycles. The van der Waals surface area contributed by atoms with Crippen LogP contribution >= 0.6 is 0 Å². The quantitative estimate of drug-likeness (QED) is 0.538. The molecule has 1 aliphatic heterocycles. The number of rotatable bonds is 8. The fraction of sp³-hybridized carbons (Fsp3) is 0.192. The number of hydrogen-bond acceptors (Lipinski definition) is 5. The molecule has 0 unspecified atom stereocenters. The maximum absolute atomic E-state index is 12.9. The monoisotopic (exact) mass is 444 g/mol. The van der Waals surface area contributed by atoms with Gasteiger partial charge in [-0.3, -0.25) is 19.3 Å². The number of nitrogens with one attached hydrogen (secondary N) is 1. The number of nitrogens with zero attached hydrogens (tertiary/aromatic N) is 1. The summed E-state index contributed by atoms with van der Waals surface area (Å²) in [5.74, 6) is 0.189. The highest BCUT2D eigenvalue weighted by molar-refractivity contribution is 6.22. The van der Waals surface area contributed by atoms with E-state index in [-0.39, 0.29) is 36.4 Å². The maximum atomic E-state index is 12.9. The lowest BCUT2D eigenvalue weighted by Gasteiger charge is -2.13. The van der Waals surface area contributed by atoms with Gasteiger partial charge in [-0.1, -0.05) is 30.3 Å². The van der Waals surface area contributed by atoms with Gasteiger partial charge < -0.3 is 14.8 Å². The zero-order chi connectivity index (χ0) is 23.4. The van der Waals surface area contributed by atoms with Crippen molar-refractivity contribution in [2.75, 3.05) is 20.8 Å². The van der Waals surface area contributed by atoms with Crippen LogP contribution < -0.4 is 14.8 Å². The van der Waals surface area contributed by atoms with E-state index in [2.05, 4.69) is 5.32 Å². The molecule has 7 heteroatoms. The number of fused-ring (bicyclic) bond motifs is 1. The molecule has 7 nitrogen and oxygen atoms in total. The molecule has 1 N–H and O–H groups in total. The lowest BCUT2D eigenvalue weighted by molar-refractivity contribution is 0.0656. The zero-order valence-corrected chi connectivity index (χ0v) is 18.5. The molecule has 0 aromatic heterocycles. The molecule has 3 amide bonds. The number of hydrogen-bond donors (Lipinski definition) is 1. The van der Waals surface area contributed by atoms with Gasteiger partial charge in [0.05, 0.1) is 25.3 Å². The Bertz CT molecular complexity index is 1180. The van der Waals surface area contributed by atoms with E-state index in [1.807, 2.05) is 30.3 Å². The van der Waals surface area contributed by atoms with Crippen LogP contribution in [0, 0.1) is 0 Å². The summed E-state index contributed by atoms with van der Waals surface area (Å²) in [7, 11) is 3.12. The number of carbonyl (C=O) groups excluding carboxylic acids is 3. The minimum Gasteiger partial charge on any atom is -0.497 e. The molecular formula is C26H24N2O5. The number of imide groups is 1. The molecule has 3 aromatic carbocycles. The van der Waals surface area contributed by atoms with E-state index >= 15 is 0 Å². The van der Waals surface area contributed by atoms with Crippen molar-refractivity contribution in [1.29, 1.82) is 0 Å². The smallest absolute Gasteiger partial charge is 0.261 e. The summed E-state index contributed by atoms with van der Waals surface area (Å²) in [6.45, 7) is 0.537. The summed E-state index contributed by atoms with van der Waals surface area (Å²) in [5, 5.41) is 2.83. The van der Waals surface area contributed by atoms with Crippen molar-refractivity contribution in [3.05, 3.63) is 94.5 Å². The van der Waals surface area contributed by atoms with Crippen LogP contribution in [0.1, 0.15) is 42.2 Å². The second-order valence-electron chi connectivity index (χ2n) is 7.66. The summed E-state index contributed by atoms with van der Waals surface area (Å²) in [6.07, 6.45) is 0.573. The summed E-state index contributed by atoms with van der Waals surface area (Å²) < 4.78 is 10.5. The lowest BCUT2D eigenvalue weighted by Crippen LogP contribution is -2.31. The number of ether oxygens (including phenoxy) is 2. The van der Waals surface area contributed by atoms with Crippen molar-refractivity contribution in [3.8, 4) is 11.5 Å². The number of methoxy groups -OCH3 is 2. The standard InChI is InChI=1S/C26H24N2O5/c1-32-20-12-18(13-21(15-20)33-2)16-27-24(29)19-8-9-22-23(14-19)26(31)28(25(22)30)11-10-17-6-4-3-5-7-17/h3-9,12-15H,10-11,16H2,1-2H3,(H,27,29). The van der Waals surface area contributed by atoms with Gasteiger partial charge in [-0.15, -0.1) is 0 Å². The fourth-order valence-corrected chi connectivity index (χ4v) is 3.77. The van der Waals surface area contributed by atoms with Gasteiger partial charge in [0.15, 0.2) is 0 Å². The van der Waals surface area contributed by atoms with Crippen LogP contribution in [0.5, 0.6) is 11.5 Å². The normalized spacial score (nSPS) is 12.5. The maximum Gasteiger partial charge on any atom is 0.261 e. The largest absolute Gasteiger partial charge is 0.497 e. The minimum atomic E-state index is -0.377. The van der Waals surface area contributed by atoms with E-state index in [1.165, 1.54) is 11.0 Å². The highest BCUT2D eigenvalue weighted by Gasteiger charge is 2.35. The topological polar surface area (TPSA) is 84.9 Å². The summed E-state index contributed by atoms with van der Waals surface area (Å²) in [6, 6.07) is 19.6. The second kappa shape index (κ2) is 9.56. The zero-order valence-electron chi connectivity index (χ0n) is 18.5. The van der Waals surface area contributed by atoms with E-state index in [9.17, 15) is 14.4 Å². The van der Waals surface area contributed by atoms with Gasteiger partial charge in [0.25, 0.3) is 17.7 Å². The fourth-order valence-electron chi connectivity index (χ4n) is 3.77. The van der Waals surface area contributed by atoms with Crippen molar-refractivity contribution in [2.45, 2.75) is 13.0 Å². The van der Waals surface area contributed by atoms with Crippen molar-refractivity contribution in [1.82, 2.24) is 10.2 Å². The first kappa shape index (κ1) is 22.1. The molecule has 0 bridgehead atoms. The van der Waals surface area contributed by atoms with Gasteiger partial charge in [0.1, 0.15) is 11.5 Å². The average molecular weight is 444 g/mol. The van der Waals surface area contributed by atoms with E-state index < -0.39 is 0 Å². The van der Waals surface area contributed by atoms with Crippen molar-refractivity contribution < 1.29 is 23.9 Å². The summed E-state index contributed by atoms with van der Waals surface area (Å²) >= 11 is 0. The molecule has 1 heterocycles. The molecule has 168 valence electrons. The van der Waals surface area contributed by atoms with Crippen LogP contribution in [0.3, 0.4) is 0 Å². The van der Waals surface area contributed by atoms with E-state index in [4.69, 9.17) is 9.47 Å². The highest BCUT2D eigenvalue weighted by atomic mass is 16.5. The van der Waals surface area contributed by atoms with Crippen molar-refractivity contribution in [3.63, 3.8) is 0 Å². The van der Waals surface area contributed by atoms with E-state index in [1.54, 1.807) is 44.6 Å². The molecule has 0 spiro atoms. The third kappa shape index (κ3) is 4.72. The predicted octanol–water partition coefficient (Wildman–Crippen LogP) is 3.47. The van der Waals surface area contributed by atoms with Crippen LogP contribution in [0.15, 0.2) is 66.7 Å². The third-order valence-corrected chi connectivity index (χ3v) is 5.56. The average Bonchev–Trinajstić information content (AvgIpc) is 3.10. The van der Waals surface area contributed by atoms with Crippen LogP contribution in [-0.4, -0.2) is 43.4 Å². The predicted molar refractivity (Wildman–Crippen MR) is 123 cm³/mol. The minimum absolute atomic E-state index is 0.250. The highest BCUT2D eigenvalue weighted by Crippen LogP contribution is 2.25. The summed E-state index contributed by atoms with van der Waals surface area (Å²) in [4.78, 5) is 39.6. The molecule has 33 heavy (non-hydrogen) atoms. The van der Waals surface area contributed by atoms with Crippen LogP contribution in [0.4, 0.5) is 0 Å². The first-order valence-corrected chi connectivity index (χ1v) is 10.5. The molecule has 0 radical (unpaired) electrons. The number of benzene rings is 3. The molecule has 0 atom stereocenters. The van der Waals surface area contributed by atoms with Gasteiger partial charge in [-0.2, -0.15) is 0 Å². The Morgan fingerprint density at radius 3 is 2.15 bits per heavy atom. The van der Waals surface area contributed by atoms with Crippen molar-refractivity contribution in [2.24, 2.45) is 0 Å². The Hall–Kier alpha value is -4.13. The first-order chi connectivity index (χ1) is 16.0. The Labute approximate surface area is 191 Å². The molecule has 0 fully saturated rings. The Kier molecular flexibility index (Phi) is 6.40. The summed E-state index contributed by atoms with van der Waals surface area (Å²) in [5.41, 5.74) is 2.74. The SMILES string of the molecule is COc1cc(CNC(=O)c2ccc3c(c2)C(=O)N(CCc2ccccc2)C3=O)cc(OC)c1. The molecule has 1 aliphatic rings. The molecular weight excluding hydrogens is 420 g/mol. The van der Waals surface area contributed by atoms with E-state index in [0.29, 0.717) is 29.0 Å².